The predicted octanol–water partition coefficient (Wildman–Crippen LogP) is 3.54. The Hall–Kier alpha value is -0.843. The van der Waals surface area contributed by atoms with Gasteiger partial charge in [0.15, 0.2) is 8.24 Å². The molecule has 0 bridgehead atoms. The molecule has 0 unspecified atom stereocenters. The molecule has 0 radical (unpaired) electrons. The fourth-order valence-corrected chi connectivity index (χ4v) is 2.54. The molecule has 4 nitrogen and oxygen atoms in total. The average Bonchev–Trinajstić information content (AvgIpc) is 2.23. The third kappa shape index (κ3) is 6.75. The number of amides is 1. The molecule has 1 rings (SSSR count). The molecule has 0 aromatic heterocycles. The quantitative estimate of drug-likeness (QED) is 0.575. The first-order valence-corrected chi connectivity index (χ1v) is 10.5. The highest BCUT2D eigenvalue weighted by atomic mass is 28.3. The number of carbonyl (C=O) groups excluding carboxylic acids is 1. The van der Waals surface area contributed by atoms with Crippen LogP contribution in [0.4, 0.5) is 4.79 Å². The number of carbonyl (C=O) groups is 1. The molecule has 5 heteroatoms. The van der Waals surface area contributed by atoms with Crippen LogP contribution in [-0.4, -0.2) is 44.1 Å². The molecule has 110 valence electrons. The number of piperidine rings is 1. The lowest BCUT2D eigenvalue weighted by atomic mass is 9.99. The Bertz CT molecular complexity index is 334. The first kappa shape index (κ1) is 16.2. The Kier molecular flexibility index (Phi) is 5.18. The van der Waals surface area contributed by atoms with Gasteiger partial charge in [-0.1, -0.05) is 0 Å². The van der Waals surface area contributed by atoms with Gasteiger partial charge in [-0.3, -0.25) is 0 Å². The van der Waals surface area contributed by atoms with E-state index in [1.54, 1.807) is 0 Å². The average molecular weight is 284 g/mol. The maximum absolute atomic E-state index is 11.9. The van der Waals surface area contributed by atoms with Crippen LogP contribution in [0.5, 0.6) is 0 Å². The molecule has 0 aliphatic carbocycles. The molecule has 1 aliphatic heterocycles. The highest BCUT2D eigenvalue weighted by Crippen LogP contribution is 2.19. The van der Waals surface area contributed by atoms with Gasteiger partial charge in [0.05, 0.1) is 0 Å². The normalized spacial score (nSPS) is 18.9. The minimum absolute atomic E-state index is 0.187. The predicted molar refractivity (Wildman–Crippen MR) is 82.4 cm³/mol. The van der Waals surface area contributed by atoms with Crippen LogP contribution in [-0.2, 0) is 4.74 Å². The van der Waals surface area contributed by atoms with Gasteiger partial charge < -0.3 is 14.3 Å². The molecule has 1 saturated heterocycles. The number of rotatable bonds is 2. The summed E-state index contributed by atoms with van der Waals surface area (Å²) in [4.78, 5) is 13.7. The van der Waals surface area contributed by atoms with Crippen molar-refractivity contribution in [1.82, 2.24) is 4.90 Å². The second-order valence-electron chi connectivity index (χ2n) is 7.25. The minimum Gasteiger partial charge on any atom is -0.444 e. The number of ether oxygens (including phenoxy) is 1. The number of hydrogen-bond donors (Lipinski definition) is 0. The maximum atomic E-state index is 11.9. The van der Waals surface area contributed by atoms with Gasteiger partial charge in [-0.05, 0) is 65.4 Å². The highest BCUT2D eigenvalue weighted by molar-refractivity contribution is 6.75. The lowest BCUT2D eigenvalue weighted by molar-refractivity contribution is 0.0203. The van der Waals surface area contributed by atoms with Crippen LogP contribution in [0.25, 0.3) is 0 Å². The Balaban J connectivity index is 2.41. The number of likely N-dealkylation sites (tertiary alicyclic amines) is 1. The van der Waals surface area contributed by atoms with Crippen molar-refractivity contribution in [1.29, 1.82) is 0 Å². The van der Waals surface area contributed by atoms with E-state index in [9.17, 15) is 4.79 Å². The zero-order valence-electron chi connectivity index (χ0n) is 13.2. The topological polar surface area (TPSA) is 41.9 Å². The van der Waals surface area contributed by atoms with Gasteiger partial charge >= 0.3 is 6.09 Å². The zero-order chi connectivity index (χ0) is 14.7. The Labute approximate surface area is 118 Å². The van der Waals surface area contributed by atoms with Crippen LogP contribution in [0, 0.1) is 5.92 Å². The van der Waals surface area contributed by atoms with Crippen LogP contribution in [0.3, 0.4) is 0 Å². The van der Waals surface area contributed by atoms with Gasteiger partial charge in [0.25, 0.3) is 0 Å². The van der Waals surface area contributed by atoms with Crippen molar-refractivity contribution in [3.05, 3.63) is 0 Å². The first-order chi connectivity index (χ1) is 8.57. The van der Waals surface area contributed by atoms with Gasteiger partial charge in [-0.25, -0.2) is 4.79 Å². The van der Waals surface area contributed by atoms with Crippen LogP contribution < -0.4 is 0 Å². The molecule has 0 atom stereocenters. The Morgan fingerprint density at radius 3 is 2.21 bits per heavy atom. The molecule has 0 saturated carbocycles. The van der Waals surface area contributed by atoms with E-state index in [1.807, 2.05) is 25.7 Å². The fourth-order valence-electron chi connectivity index (χ4n) is 1.89. The van der Waals surface area contributed by atoms with Gasteiger partial charge in [-0.2, -0.15) is 0 Å². The summed E-state index contributed by atoms with van der Waals surface area (Å²) in [6, 6.07) is 0. The van der Waals surface area contributed by atoms with Crippen molar-refractivity contribution in [3.8, 4) is 0 Å². The monoisotopic (exact) mass is 284 g/mol. The molecule has 0 aromatic carbocycles. The summed E-state index contributed by atoms with van der Waals surface area (Å²) in [7, 11) is -1.35. The van der Waals surface area contributed by atoms with Gasteiger partial charge in [0.1, 0.15) is 5.60 Å². The fraction of sp³-hybridized carbons (Fsp3) is 0.857. The maximum Gasteiger partial charge on any atom is 0.410 e. The minimum atomic E-state index is -1.35. The van der Waals surface area contributed by atoms with Crippen molar-refractivity contribution < 1.29 is 9.53 Å². The third-order valence-corrected chi connectivity index (χ3v) is 3.79. The van der Waals surface area contributed by atoms with Gasteiger partial charge in [0.2, 0.25) is 0 Å². The van der Waals surface area contributed by atoms with Gasteiger partial charge in [0, 0.05) is 13.1 Å². The largest absolute Gasteiger partial charge is 0.444 e. The third-order valence-electron chi connectivity index (χ3n) is 2.86. The molecule has 0 aromatic rings. The lowest BCUT2D eigenvalue weighted by Gasteiger charge is -2.32. The van der Waals surface area contributed by atoms with Crippen molar-refractivity contribution in [3.63, 3.8) is 0 Å². The summed E-state index contributed by atoms with van der Waals surface area (Å²) >= 11 is 0. The summed E-state index contributed by atoms with van der Waals surface area (Å²) in [5.74, 6) is 0.519. The molecule has 1 heterocycles. The molecule has 1 amide bonds. The lowest BCUT2D eigenvalue weighted by Crippen LogP contribution is -2.42. The van der Waals surface area contributed by atoms with E-state index in [2.05, 4.69) is 30.5 Å². The highest BCUT2D eigenvalue weighted by Gasteiger charge is 2.26. The summed E-state index contributed by atoms with van der Waals surface area (Å²) in [5.41, 5.74) is -0.409. The first-order valence-electron chi connectivity index (χ1n) is 7.10. The standard InChI is InChI=1S/C14H28N2O2Si/c1-14(2,3)18-13(17)16-9-7-12(8-10-16)11-15-19(4,5)6/h11-12H,7-10H2,1-6H3/b15-11-. The van der Waals surface area contributed by atoms with E-state index in [0.29, 0.717) is 5.92 Å². The van der Waals surface area contributed by atoms with Crippen LogP contribution >= 0.6 is 0 Å². The van der Waals surface area contributed by atoms with Crippen LogP contribution in [0.2, 0.25) is 19.6 Å². The second-order valence-corrected chi connectivity index (χ2v) is 11.9. The summed E-state index contributed by atoms with van der Waals surface area (Å²) in [5, 5.41) is 0. The van der Waals surface area contributed by atoms with E-state index in [4.69, 9.17) is 4.74 Å². The summed E-state index contributed by atoms with van der Waals surface area (Å²) < 4.78 is 10.1. The molecule has 0 N–H and O–H groups in total. The zero-order valence-corrected chi connectivity index (χ0v) is 14.2. The molecular formula is C14H28N2O2Si. The molecule has 1 fully saturated rings. The van der Waals surface area contributed by atoms with E-state index in [-0.39, 0.29) is 6.09 Å². The van der Waals surface area contributed by atoms with E-state index >= 15 is 0 Å². The SMILES string of the molecule is CC(C)(C)OC(=O)N1CCC(/C=N\[Si](C)(C)C)CC1. The summed E-state index contributed by atoms with van der Waals surface area (Å²) in [6.07, 6.45) is 3.92. The van der Waals surface area contributed by atoms with Crippen molar-refractivity contribution >= 4 is 20.5 Å². The van der Waals surface area contributed by atoms with Crippen molar-refractivity contribution in [2.24, 2.45) is 10.6 Å². The van der Waals surface area contributed by atoms with Crippen molar-refractivity contribution in [2.75, 3.05) is 13.1 Å². The molecule has 19 heavy (non-hydrogen) atoms. The van der Waals surface area contributed by atoms with E-state index in [1.165, 1.54) is 0 Å². The number of nitrogens with zero attached hydrogens (tertiary/aromatic N) is 2. The summed E-state index contributed by atoms with van der Waals surface area (Å²) in [6.45, 7) is 14.0. The van der Waals surface area contributed by atoms with Crippen LogP contribution in [0.1, 0.15) is 33.6 Å². The molecule has 0 spiro atoms. The molecular weight excluding hydrogens is 256 g/mol. The smallest absolute Gasteiger partial charge is 0.410 e. The van der Waals surface area contributed by atoms with E-state index < -0.39 is 13.8 Å². The molecule has 1 aliphatic rings. The second kappa shape index (κ2) is 6.07. The van der Waals surface area contributed by atoms with Crippen molar-refractivity contribution in [2.45, 2.75) is 58.9 Å². The Morgan fingerprint density at radius 1 is 1.26 bits per heavy atom. The Morgan fingerprint density at radius 2 is 1.79 bits per heavy atom. The van der Waals surface area contributed by atoms with Gasteiger partial charge in [-0.15, -0.1) is 0 Å². The van der Waals surface area contributed by atoms with E-state index in [0.717, 1.165) is 25.9 Å². The van der Waals surface area contributed by atoms with Crippen LogP contribution in [0.15, 0.2) is 4.66 Å². The number of hydrogen-bond acceptors (Lipinski definition) is 3.